The Hall–Kier alpha value is 0.257. The minimum absolute atomic E-state index is 0. The highest BCUT2D eigenvalue weighted by molar-refractivity contribution is 7.88. The van der Waals surface area contributed by atoms with Crippen molar-refractivity contribution in [2.75, 3.05) is 68.4 Å². The van der Waals surface area contributed by atoms with E-state index < -0.39 is 18.8 Å². The van der Waals surface area contributed by atoms with Gasteiger partial charge in [-0.15, -0.1) is 0 Å². The van der Waals surface area contributed by atoms with E-state index in [2.05, 4.69) is 14.1 Å². The van der Waals surface area contributed by atoms with Crippen LogP contribution in [0.25, 0.3) is 0 Å². The number of nitrogens with zero attached hydrogens (tertiary/aromatic N) is 2. The van der Waals surface area contributed by atoms with E-state index >= 15 is 0 Å². The highest BCUT2D eigenvalue weighted by Gasteiger charge is 2.37. The fourth-order valence-electron chi connectivity index (χ4n) is 1.97. The summed E-state index contributed by atoms with van der Waals surface area (Å²) in [6.07, 6.45) is 2.13. The SMILES string of the molecule is CO[Si](CCC[N+](C)(C)CCN(C)S(C)(=O)=O)(OC)OC.[Cl-]. The molecule has 0 fully saturated rings. The Kier molecular flexibility index (Phi) is 11.4. The number of rotatable bonds is 11. The van der Waals surface area contributed by atoms with Gasteiger partial charge < -0.3 is 30.2 Å². The maximum Gasteiger partial charge on any atom is 0.500 e. The minimum Gasteiger partial charge on any atom is -1.00 e. The molecule has 7 nitrogen and oxygen atoms in total. The minimum atomic E-state index is -3.11. The third-order valence-corrected chi connectivity index (χ3v) is 7.91. The van der Waals surface area contributed by atoms with Gasteiger partial charge in [0.1, 0.15) is 0 Å². The van der Waals surface area contributed by atoms with Crippen LogP contribution in [0.1, 0.15) is 6.42 Å². The standard InChI is InChI=1S/C12H31N2O5SSi.ClH/c1-13(20(7,15)16)9-11-14(2,3)10-8-12-21(17-4,18-5)19-6;/h8-12H2,1-7H3;1H/q+1;/p-1. The Morgan fingerprint density at radius 3 is 1.86 bits per heavy atom. The molecule has 0 aromatic rings. The highest BCUT2D eigenvalue weighted by atomic mass is 35.5. The van der Waals surface area contributed by atoms with Gasteiger partial charge in [0.05, 0.1) is 40.0 Å². The van der Waals surface area contributed by atoms with Crippen molar-refractivity contribution in [2.24, 2.45) is 0 Å². The summed E-state index contributed by atoms with van der Waals surface area (Å²) in [6, 6.07) is 0.750. The van der Waals surface area contributed by atoms with Crippen molar-refractivity contribution in [2.45, 2.75) is 12.5 Å². The van der Waals surface area contributed by atoms with E-state index in [4.69, 9.17) is 13.3 Å². The first kappa shape index (κ1) is 24.5. The first-order valence-corrected chi connectivity index (χ1v) is 10.7. The van der Waals surface area contributed by atoms with Crippen LogP contribution >= 0.6 is 0 Å². The molecule has 0 heterocycles. The molecule has 0 unspecified atom stereocenters. The molecule has 0 saturated carbocycles. The summed E-state index contributed by atoms with van der Waals surface area (Å²) < 4.78 is 41.1. The normalized spacial score (nSPS) is 13.3. The first-order valence-electron chi connectivity index (χ1n) is 6.91. The van der Waals surface area contributed by atoms with Crippen LogP contribution in [0.15, 0.2) is 0 Å². The zero-order chi connectivity index (χ0) is 16.7. The number of likely N-dealkylation sites (N-methyl/N-ethyl adjacent to an activating group) is 2. The van der Waals surface area contributed by atoms with Crippen LogP contribution < -0.4 is 12.4 Å². The average Bonchev–Trinajstić information content (AvgIpc) is 2.40. The highest BCUT2D eigenvalue weighted by Crippen LogP contribution is 2.16. The fraction of sp³-hybridized carbons (Fsp3) is 1.00. The van der Waals surface area contributed by atoms with Gasteiger partial charge in [0.25, 0.3) is 0 Å². The zero-order valence-electron chi connectivity index (χ0n) is 14.8. The molecule has 0 atom stereocenters. The lowest BCUT2D eigenvalue weighted by Gasteiger charge is -2.32. The molecule has 0 aromatic carbocycles. The topological polar surface area (TPSA) is 65.1 Å². The van der Waals surface area contributed by atoms with Crippen molar-refractivity contribution in [3.63, 3.8) is 0 Å². The molecule has 0 aliphatic carbocycles. The molecule has 0 N–H and O–H groups in total. The third-order valence-electron chi connectivity index (χ3n) is 3.77. The van der Waals surface area contributed by atoms with E-state index in [9.17, 15) is 8.42 Å². The molecule has 22 heavy (non-hydrogen) atoms. The van der Waals surface area contributed by atoms with Gasteiger partial charge in [-0.25, -0.2) is 8.42 Å². The van der Waals surface area contributed by atoms with Crippen molar-refractivity contribution in [1.29, 1.82) is 0 Å². The molecule has 0 bridgehead atoms. The Balaban J connectivity index is 0. The maximum atomic E-state index is 11.4. The van der Waals surface area contributed by atoms with Gasteiger partial charge in [-0.1, -0.05) is 0 Å². The third kappa shape index (κ3) is 8.78. The van der Waals surface area contributed by atoms with Crippen LogP contribution in [0.2, 0.25) is 6.04 Å². The van der Waals surface area contributed by atoms with Crippen molar-refractivity contribution in [3.8, 4) is 0 Å². The number of halogens is 1. The number of quaternary nitrogens is 1. The van der Waals surface area contributed by atoms with E-state index in [1.54, 1.807) is 28.4 Å². The zero-order valence-corrected chi connectivity index (χ0v) is 17.3. The van der Waals surface area contributed by atoms with Crippen molar-refractivity contribution >= 4 is 18.8 Å². The van der Waals surface area contributed by atoms with E-state index in [0.717, 1.165) is 30.0 Å². The maximum absolute atomic E-state index is 11.4. The van der Waals surface area contributed by atoms with Crippen LogP contribution in [-0.4, -0.2) is 94.4 Å². The van der Waals surface area contributed by atoms with Gasteiger partial charge in [0.2, 0.25) is 10.0 Å². The molecule has 0 saturated heterocycles. The van der Waals surface area contributed by atoms with Crippen LogP contribution in [0.5, 0.6) is 0 Å². The predicted molar refractivity (Wildman–Crippen MR) is 85.5 cm³/mol. The molecule has 0 amide bonds. The van der Waals surface area contributed by atoms with E-state index in [1.807, 2.05) is 0 Å². The van der Waals surface area contributed by atoms with Crippen molar-refractivity contribution < 1.29 is 38.6 Å². The fourth-order valence-corrected chi connectivity index (χ4v) is 4.09. The van der Waals surface area contributed by atoms with E-state index in [-0.39, 0.29) is 12.4 Å². The smallest absolute Gasteiger partial charge is 0.500 e. The summed E-state index contributed by atoms with van der Waals surface area (Å²) in [4.78, 5) is 0. The molecule has 0 aliphatic heterocycles. The van der Waals surface area contributed by atoms with Crippen LogP contribution in [0.4, 0.5) is 0 Å². The Bertz CT molecular complexity index is 396. The summed E-state index contributed by atoms with van der Waals surface area (Å²) in [5.41, 5.74) is 0. The van der Waals surface area contributed by atoms with Gasteiger partial charge in [-0.3, -0.25) is 0 Å². The Labute approximate surface area is 142 Å². The molecule has 0 aliphatic rings. The van der Waals surface area contributed by atoms with E-state index in [0.29, 0.717) is 6.54 Å². The summed E-state index contributed by atoms with van der Waals surface area (Å²) in [7, 11) is 5.00. The molecule has 0 spiro atoms. The average molecular weight is 379 g/mol. The quantitative estimate of drug-likeness (QED) is 0.287. The summed E-state index contributed by atoms with van der Waals surface area (Å²) in [5.74, 6) is 0. The number of sulfonamides is 1. The number of hydrogen-bond donors (Lipinski definition) is 0. The van der Waals surface area contributed by atoms with Gasteiger partial charge >= 0.3 is 8.80 Å². The number of hydrogen-bond acceptors (Lipinski definition) is 5. The largest absolute Gasteiger partial charge is 1.00 e. The summed E-state index contributed by atoms with van der Waals surface area (Å²) >= 11 is 0. The monoisotopic (exact) mass is 378 g/mol. The second-order valence-electron chi connectivity index (χ2n) is 5.87. The van der Waals surface area contributed by atoms with Crippen molar-refractivity contribution in [1.82, 2.24) is 4.31 Å². The van der Waals surface area contributed by atoms with Crippen molar-refractivity contribution in [3.05, 3.63) is 0 Å². The van der Waals surface area contributed by atoms with Gasteiger partial charge in [0.15, 0.2) is 0 Å². The second kappa shape index (κ2) is 10.2. The molecule has 0 aromatic heterocycles. The lowest BCUT2D eigenvalue weighted by molar-refractivity contribution is -0.889. The lowest BCUT2D eigenvalue weighted by atomic mass is 10.3. The van der Waals surface area contributed by atoms with Crippen LogP contribution in [-0.2, 0) is 23.3 Å². The van der Waals surface area contributed by atoms with Crippen LogP contribution in [0, 0.1) is 0 Å². The van der Waals surface area contributed by atoms with Gasteiger partial charge in [-0.05, 0) is 0 Å². The first-order chi connectivity index (χ1) is 9.52. The molecule has 0 rings (SSSR count). The van der Waals surface area contributed by atoms with Gasteiger partial charge in [0, 0.05) is 40.8 Å². The molecule has 0 radical (unpaired) electrons. The molecule has 10 heteroatoms. The van der Waals surface area contributed by atoms with Gasteiger partial charge in [-0.2, -0.15) is 4.31 Å². The molecule has 136 valence electrons. The second-order valence-corrected chi connectivity index (χ2v) is 11.0. The lowest BCUT2D eigenvalue weighted by Crippen LogP contribution is -3.00. The molecular formula is C12H31ClN2O5SSi. The van der Waals surface area contributed by atoms with Crippen LogP contribution in [0.3, 0.4) is 0 Å². The molecular weight excluding hydrogens is 348 g/mol. The Morgan fingerprint density at radius 2 is 1.50 bits per heavy atom. The summed E-state index contributed by atoms with van der Waals surface area (Å²) in [5, 5.41) is 0. The predicted octanol–water partition coefficient (Wildman–Crippen LogP) is -2.77. The summed E-state index contributed by atoms with van der Waals surface area (Å²) in [6.45, 7) is 2.17. The van der Waals surface area contributed by atoms with E-state index in [1.165, 1.54) is 10.6 Å². The Morgan fingerprint density at radius 1 is 1.05 bits per heavy atom.